The number of hydrogen-bond acceptors (Lipinski definition) is 4. The summed E-state index contributed by atoms with van der Waals surface area (Å²) >= 11 is 3.40. The van der Waals surface area contributed by atoms with E-state index in [1.54, 1.807) is 0 Å². The van der Waals surface area contributed by atoms with Gasteiger partial charge in [-0.1, -0.05) is 22.0 Å². The Bertz CT molecular complexity index is 409. The summed E-state index contributed by atoms with van der Waals surface area (Å²) in [4.78, 5) is 13.3. The van der Waals surface area contributed by atoms with Crippen molar-refractivity contribution in [1.29, 1.82) is 0 Å². The predicted octanol–water partition coefficient (Wildman–Crippen LogP) is 2.71. The maximum absolute atomic E-state index is 11.3. The topological polar surface area (TPSA) is 38.8 Å². The van der Waals surface area contributed by atoms with E-state index < -0.39 is 0 Å². The van der Waals surface area contributed by atoms with Crippen molar-refractivity contribution in [3.8, 4) is 5.75 Å². The molecule has 0 atom stereocenters. The largest absolute Gasteiger partial charge is 0.492 e. The molecule has 0 saturated carbocycles. The van der Waals surface area contributed by atoms with Gasteiger partial charge < -0.3 is 9.47 Å². The molecule has 1 aromatic rings. The van der Waals surface area contributed by atoms with Gasteiger partial charge in [-0.05, 0) is 32.0 Å². The molecule has 0 amide bonds. The second kappa shape index (κ2) is 8.17. The number of hydrogen-bond donors (Lipinski definition) is 0. The number of carbonyl (C=O) groups is 1. The summed E-state index contributed by atoms with van der Waals surface area (Å²) in [5.74, 6) is 0.590. The molecule has 0 fully saturated rings. The molecule has 0 radical (unpaired) electrons. The number of nitrogens with zero attached hydrogens (tertiary/aromatic N) is 1. The third-order valence-electron chi connectivity index (χ3n) is 2.73. The smallest absolute Gasteiger partial charge is 0.319 e. The molecule has 5 heteroatoms. The zero-order chi connectivity index (χ0) is 14.3. The predicted molar refractivity (Wildman–Crippen MR) is 78.4 cm³/mol. The van der Waals surface area contributed by atoms with E-state index in [2.05, 4.69) is 20.7 Å². The Morgan fingerprint density at radius 1 is 1.42 bits per heavy atom. The SMILES string of the molecule is COC(=O)CN(CCOc1cccc(Br)c1)C(C)C. The molecule has 0 aromatic heterocycles. The van der Waals surface area contributed by atoms with Gasteiger partial charge in [-0.3, -0.25) is 9.69 Å². The molecule has 0 aliphatic heterocycles. The summed E-state index contributed by atoms with van der Waals surface area (Å²) < 4.78 is 11.3. The Hall–Kier alpha value is -1.07. The lowest BCUT2D eigenvalue weighted by Crippen LogP contribution is -2.38. The minimum atomic E-state index is -0.226. The van der Waals surface area contributed by atoms with Crippen molar-refractivity contribution >= 4 is 21.9 Å². The molecule has 1 aromatic carbocycles. The first-order valence-corrected chi connectivity index (χ1v) is 7.01. The van der Waals surface area contributed by atoms with Gasteiger partial charge in [-0.15, -0.1) is 0 Å². The molecule has 4 nitrogen and oxygen atoms in total. The van der Waals surface area contributed by atoms with Crippen LogP contribution in [-0.2, 0) is 9.53 Å². The van der Waals surface area contributed by atoms with Crippen LogP contribution in [0.2, 0.25) is 0 Å². The lowest BCUT2D eigenvalue weighted by atomic mass is 10.3. The number of carbonyl (C=O) groups excluding carboxylic acids is 1. The first-order chi connectivity index (χ1) is 9.02. The van der Waals surface area contributed by atoms with Gasteiger partial charge in [-0.2, -0.15) is 0 Å². The molecular formula is C14H20BrNO3. The summed E-state index contributed by atoms with van der Waals surface area (Å²) in [7, 11) is 1.40. The van der Waals surface area contributed by atoms with Gasteiger partial charge in [0.25, 0.3) is 0 Å². The van der Waals surface area contributed by atoms with Crippen LogP contribution in [0.5, 0.6) is 5.75 Å². The van der Waals surface area contributed by atoms with Crippen LogP contribution in [0.15, 0.2) is 28.7 Å². The third-order valence-corrected chi connectivity index (χ3v) is 3.23. The van der Waals surface area contributed by atoms with E-state index in [4.69, 9.17) is 4.74 Å². The molecular weight excluding hydrogens is 310 g/mol. The Balaban J connectivity index is 2.42. The first-order valence-electron chi connectivity index (χ1n) is 6.22. The van der Waals surface area contributed by atoms with Crippen molar-refractivity contribution in [3.05, 3.63) is 28.7 Å². The number of halogens is 1. The quantitative estimate of drug-likeness (QED) is 0.721. The number of ether oxygens (including phenoxy) is 2. The number of rotatable bonds is 7. The van der Waals surface area contributed by atoms with Crippen LogP contribution in [0, 0.1) is 0 Å². The monoisotopic (exact) mass is 329 g/mol. The standard InChI is InChI=1S/C14H20BrNO3/c1-11(2)16(10-14(17)18-3)7-8-19-13-6-4-5-12(15)9-13/h4-6,9,11H,7-8,10H2,1-3H3. The summed E-state index contributed by atoms with van der Waals surface area (Å²) in [6.07, 6.45) is 0. The van der Waals surface area contributed by atoms with Crippen LogP contribution in [0.25, 0.3) is 0 Å². The maximum atomic E-state index is 11.3. The van der Waals surface area contributed by atoms with Crippen molar-refractivity contribution in [1.82, 2.24) is 4.90 Å². The summed E-state index contributed by atoms with van der Waals surface area (Å²) in [5.41, 5.74) is 0. The molecule has 0 saturated heterocycles. The fourth-order valence-electron chi connectivity index (χ4n) is 1.59. The highest BCUT2D eigenvalue weighted by Gasteiger charge is 2.14. The van der Waals surface area contributed by atoms with Crippen molar-refractivity contribution in [2.45, 2.75) is 19.9 Å². The van der Waals surface area contributed by atoms with Crippen LogP contribution < -0.4 is 4.74 Å². The average Bonchev–Trinajstić information content (AvgIpc) is 2.37. The highest BCUT2D eigenvalue weighted by molar-refractivity contribution is 9.10. The molecule has 0 heterocycles. The van der Waals surface area contributed by atoms with Gasteiger partial charge in [0.15, 0.2) is 0 Å². The first kappa shape index (κ1) is 16.0. The van der Waals surface area contributed by atoms with E-state index >= 15 is 0 Å². The molecule has 19 heavy (non-hydrogen) atoms. The summed E-state index contributed by atoms with van der Waals surface area (Å²) in [6.45, 7) is 5.59. The minimum Gasteiger partial charge on any atom is -0.492 e. The molecule has 0 unspecified atom stereocenters. The maximum Gasteiger partial charge on any atom is 0.319 e. The fraction of sp³-hybridized carbons (Fsp3) is 0.500. The van der Waals surface area contributed by atoms with Gasteiger partial charge in [0, 0.05) is 17.1 Å². The Morgan fingerprint density at radius 2 is 2.16 bits per heavy atom. The van der Waals surface area contributed by atoms with Crippen molar-refractivity contribution in [3.63, 3.8) is 0 Å². The second-order valence-electron chi connectivity index (χ2n) is 4.45. The molecule has 106 valence electrons. The zero-order valence-electron chi connectivity index (χ0n) is 11.6. The van der Waals surface area contributed by atoms with E-state index in [0.29, 0.717) is 13.2 Å². The van der Waals surface area contributed by atoms with E-state index in [-0.39, 0.29) is 18.6 Å². The number of benzene rings is 1. The third kappa shape index (κ3) is 6.07. The van der Waals surface area contributed by atoms with Crippen LogP contribution in [0.3, 0.4) is 0 Å². The molecule has 0 bridgehead atoms. The van der Waals surface area contributed by atoms with E-state index in [9.17, 15) is 4.79 Å². The van der Waals surface area contributed by atoms with E-state index in [1.807, 2.05) is 43.0 Å². The second-order valence-corrected chi connectivity index (χ2v) is 5.36. The van der Waals surface area contributed by atoms with Crippen molar-refractivity contribution in [2.75, 3.05) is 26.8 Å². The van der Waals surface area contributed by atoms with Crippen molar-refractivity contribution in [2.24, 2.45) is 0 Å². The van der Waals surface area contributed by atoms with E-state index in [1.165, 1.54) is 7.11 Å². The Morgan fingerprint density at radius 3 is 2.74 bits per heavy atom. The lowest BCUT2D eigenvalue weighted by molar-refractivity contribution is -0.142. The van der Waals surface area contributed by atoms with Crippen molar-refractivity contribution < 1.29 is 14.3 Å². The normalized spacial score (nSPS) is 10.8. The Labute approximate surface area is 122 Å². The number of methoxy groups -OCH3 is 1. The van der Waals surface area contributed by atoms with Gasteiger partial charge in [0.05, 0.1) is 13.7 Å². The van der Waals surface area contributed by atoms with Gasteiger partial charge in [0.1, 0.15) is 12.4 Å². The van der Waals surface area contributed by atoms with Gasteiger partial charge >= 0.3 is 5.97 Å². The zero-order valence-corrected chi connectivity index (χ0v) is 13.1. The molecule has 0 N–H and O–H groups in total. The minimum absolute atomic E-state index is 0.226. The molecule has 1 rings (SSSR count). The molecule has 0 spiro atoms. The van der Waals surface area contributed by atoms with Crippen LogP contribution in [-0.4, -0.2) is 43.7 Å². The highest BCUT2D eigenvalue weighted by Crippen LogP contribution is 2.17. The van der Waals surface area contributed by atoms with E-state index in [0.717, 1.165) is 10.2 Å². The number of esters is 1. The average molecular weight is 330 g/mol. The molecule has 0 aliphatic rings. The lowest BCUT2D eigenvalue weighted by Gasteiger charge is -2.24. The molecule has 0 aliphatic carbocycles. The van der Waals surface area contributed by atoms with Crippen LogP contribution in [0.4, 0.5) is 0 Å². The highest BCUT2D eigenvalue weighted by atomic mass is 79.9. The van der Waals surface area contributed by atoms with Gasteiger partial charge in [-0.25, -0.2) is 0 Å². The van der Waals surface area contributed by atoms with Crippen LogP contribution >= 0.6 is 15.9 Å². The summed E-state index contributed by atoms with van der Waals surface area (Å²) in [5, 5.41) is 0. The summed E-state index contributed by atoms with van der Waals surface area (Å²) in [6, 6.07) is 7.97. The van der Waals surface area contributed by atoms with Crippen LogP contribution in [0.1, 0.15) is 13.8 Å². The fourth-order valence-corrected chi connectivity index (χ4v) is 1.97. The van der Waals surface area contributed by atoms with Gasteiger partial charge in [0.2, 0.25) is 0 Å². The Kier molecular flexibility index (Phi) is 6.87.